The molecule has 0 unspecified atom stereocenters. The highest BCUT2D eigenvalue weighted by Gasteiger charge is 2.45. The predicted octanol–water partition coefficient (Wildman–Crippen LogP) is -3.27. The van der Waals surface area contributed by atoms with Crippen LogP contribution in [0.3, 0.4) is 0 Å². The van der Waals surface area contributed by atoms with Crippen molar-refractivity contribution in [2.24, 2.45) is 0 Å². The molecule has 6 N–H and O–H groups in total. The Morgan fingerprint density at radius 3 is 2.15 bits per heavy atom. The van der Waals surface area contributed by atoms with E-state index < -0.39 is 61.8 Å². The first-order valence-corrected chi connectivity index (χ1v) is 5.68. The number of ether oxygens (including phenoxy) is 2. The minimum atomic E-state index is -1.81. The first kappa shape index (κ1) is 16.8. The van der Waals surface area contributed by atoms with Gasteiger partial charge >= 0.3 is 11.9 Å². The zero-order chi connectivity index (χ0) is 15.4. The van der Waals surface area contributed by atoms with E-state index in [0.29, 0.717) is 0 Å². The summed E-state index contributed by atoms with van der Waals surface area (Å²) in [5.74, 6) is -3.04. The molecule has 0 saturated carbocycles. The van der Waals surface area contributed by atoms with Gasteiger partial charge in [0.15, 0.2) is 12.4 Å². The third-order valence-electron chi connectivity index (χ3n) is 2.78. The number of hydrogen-bond acceptors (Lipinski definition) is 8. The summed E-state index contributed by atoms with van der Waals surface area (Å²) in [6.45, 7) is -0.707. The van der Waals surface area contributed by atoms with Crippen molar-refractivity contribution in [1.82, 2.24) is 0 Å². The number of aliphatic hydroxyl groups excluding tert-OH is 4. The largest absolute Gasteiger partial charge is 0.481 e. The van der Waals surface area contributed by atoms with Gasteiger partial charge in [-0.25, -0.2) is 4.79 Å². The maximum Gasteiger partial charge on any atom is 0.333 e. The Labute approximate surface area is 112 Å². The number of carbonyl (C=O) groups is 2. The molecule has 0 bridgehead atoms. The number of aliphatic carboxylic acids is 2. The fraction of sp³-hybridized carbons (Fsp3) is 0.800. The summed E-state index contributed by atoms with van der Waals surface area (Å²) < 4.78 is 9.70. The molecule has 0 aromatic rings. The maximum absolute atomic E-state index is 10.8. The lowest BCUT2D eigenvalue weighted by Crippen LogP contribution is -2.60. The van der Waals surface area contributed by atoms with Crippen LogP contribution < -0.4 is 0 Å². The highest BCUT2D eigenvalue weighted by molar-refractivity contribution is 5.79. The summed E-state index contributed by atoms with van der Waals surface area (Å²) in [6, 6.07) is 0. The molecule has 0 spiro atoms. The number of aliphatic hydroxyl groups is 4. The van der Waals surface area contributed by atoms with Crippen molar-refractivity contribution >= 4 is 11.9 Å². The standard InChI is InChI=1S/C10H16O10/c11-2-4-6(14)7(15)8(16)10(20-4)19-3(9(17)18)1-5(12)13/h3-4,6-8,10-11,14-16H,1-2H2,(H,12,13)(H,17,18)/t3-,4-,6+,7+,8-,10+/m0/s1. The lowest BCUT2D eigenvalue weighted by molar-refractivity contribution is -0.310. The highest BCUT2D eigenvalue weighted by atomic mass is 16.7. The lowest BCUT2D eigenvalue weighted by Gasteiger charge is -2.40. The molecule has 0 radical (unpaired) electrons. The second-order valence-electron chi connectivity index (χ2n) is 4.26. The summed E-state index contributed by atoms with van der Waals surface area (Å²) in [5.41, 5.74) is 0. The smallest absolute Gasteiger partial charge is 0.333 e. The fourth-order valence-electron chi connectivity index (χ4n) is 1.69. The predicted molar refractivity (Wildman–Crippen MR) is 58.5 cm³/mol. The number of carboxylic acid groups (broad SMARTS) is 2. The van der Waals surface area contributed by atoms with Gasteiger partial charge in [-0.2, -0.15) is 0 Å². The van der Waals surface area contributed by atoms with Gasteiger partial charge in [0.25, 0.3) is 0 Å². The van der Waals surface area contributed by atoms with Crippen molar-refractivity contribution in [3.8, 4) is 0 Å². The Bertz CT molecular complexity index is 356. The van der Waals surface area contributed by atoms with Gasteiger partial charge in [-0.3, -0.25) is 4.79 Å². The average Bonchev–Trinajstić information content (AvgIpc) is 2.37. The molecule has 1 aliphatic rings. The van der Waals surface area contributed by atoms with Crippen LogP contribution in [0.4, 0.5) is 0 Å². The summed E-state index contributed by atoms with van der Waals surface area (Å²) in [6.07, 6.45) is -10.8. The zero-order valence-corrected chi connectivity index (χ0v) is 10.2. The quantitative estimate of drug-likeness (QED) is 0.292. The van der Waals surface area contributed by atoms with Crippen LogP contribution in [0.1, 0.15) is 6.42 Å². The van der Waals surface area contributed by atoms with Crippen LogP contribution in [0.15, 0.2) is 0 Å². The Balaban J connectivity index is 2.77. The normalized spacial score (nSPS) is 35.5. The molecule has 1 aliphatic heterocycles. The molecule has 116 valence electrons. The minimum Gasteiger partial charge on any atom is -0.481 e. The molecule has 1 fully saturated rings. The SMILES string of the molecule is O=C(O)C[C@H](O[C@@H]1O[C@@H](CO)[C@@H](O)[C@@H](O)[C@@H]1O)C(=O)O. The van der Waals surface area contributed by atoms with E-state index in [1.807, 2.05) is 0 Å². The van der Waals surface area contributed by atoms with E-state index >= 15 is 0 Å². The molecule has 6 atom stereocenters. The monoisotopic (exact) mass is 296 g/mol. The average molecular weight is 296 g/mol. The Hall–Kier alpha value is -1.30. The zero-order valence-electron chi connectivity index (χ0n) is 10.2. The summed E-state index contributed by atoms with van der Waals surface area (Å²) in [7, 11) is 0. The molecule has 1 rings (SSSR count). The van der Waals surface area contributed by atoms with Gasteiger partial charge in [-0.1, -0.05) is 0 Å². The van der Waals surface area contributed by atoms with E-state index in [0.717, 1.165) is 0 Å². The van der Waals surface area contributed by atoms with Crippen molar-refractivity contribution < 1.29 is 49.7 Å². The van der Waals surface area contributed by atoms with Gasteiger partial charge in [-0.15, -0.1) is 0 Å². The van der Waals surface area contributed by atoms with E-state index in [9.17, 15) is 24.9 Å². The van der Waals surface area contributed by atoms with Crippen molar-refractivity contribution in [2.45, 2.75) is 43.2 Å². The first-order valence-electron chi connectivity index (χ1n) is 5.68. The second kappa shape index (κ2) is 6.92. The third kappa shape index (κ3) is 3.85. The van der Waals surface area contributed by atoms with Gasteiger partial charge in [0.2, 0.25) is 0 Å². The van der Waals surface area contributed by atoms with Gasteiger partial charge in [0, 0.05) is 0 Å². The molecule has 0 aliphatic carbocycles. The van der Waals surface area contributed by atoms with E-state index in [-0.39, 0.29) is 0 Å². The van der Waals surface area contributed by atoms with Crippen LogP contribution in [0, 0.1) is 0 Å². The molecule has 10 nitrogen and oxygen atoms in total. The van der Waals surface area contributed by atoms with Crippen LogP contribution in [-0.2, 0) is 19.1 Å². The van der Waals surface area contributed by atoms with Crippen molar-refractivity contribution in [1.29, 1.82) is 0 Å². The van der Waals surface area contributed by atoms with Crippen LogP contribution in [-0.4, -0.2) is 86.0 Å². The van der Waals surface area contributed by atoms with Crippen LogP contribution >= 0.6 is 0 Å². The minimum absolute atomic E-state index is 0.707. The van der Waals surface area contributed by atoms with Gasteiger partial charge < -0.3 is 40.1 Å². The summed E-state index contributed by atoms with van der Waals surface area (Å²) in [4.78, 5) is 21.3. The molecule has 1 heterocycles. The number of hydrogen-bond donors (Lipinski definition) is 6. The van der Waals surface area contributed by atoms with Gasteiger partial charge in [0.1, 0.15) is 24.4 Å². The van der Waals surface area contributed by atoms with E-state index in [2.05, 4.69) is 0 Å². The van der Waals surface area contributed by atoms with Crippen LogP contribution in [0.2, 0.25) is 0 Å². The molecular formula is C10H16O10. The Morgan fingerprint density at radius 2 is 1.70 bits per heavy atom. The maximum atomic E-state index is 10.8. The molecule has 20 heavy (non-hydrogen) atoms. The van der Waals surface area contributed by atoms with Crippen LogP contribution in [0.5, 0.6) is 0 Å². The lowest BCUT2D eigenvalue weighted by atomic mass is 9.99. The van der Waals surface area contributed by atoms with Gasteiger partial charge in [-0.05, 0) is 0 Å². The molecule has 10 heteroatoms. The topological polar surface area (TPSA) is 174 Å². The second-order valence-corrected chi connectivity index (χ2v) is 4.26. The third-order valence-corrected chi connectivity index (χ3v) is 2.78. The van der Waals surface area contributed by atoms with Gasteiger partial charge in [0.05, 0.1) is 13.0 Å². The molecule has 0 amide bonds. The Morgan fingerprint density at radius 1 is 1.10 bits per heavy atom. The summed E-state index contributed by atoms with van der Waals surface area (Å²) >= 11 is 0. The van der Waals surface area contributed by atoms with E-state index in [1.165, 1.54) is 0 Å². The molecular weight excluding hydrogens is 280 g/mol. The number of carboxylic acids is 2. The molecule has 1 saturated heterocycles. The fourth-order valence-corrected chi connectivity index (χ4v) is 1.69. The highest BCUT2D eigenvalue weighted by Crippen LogP contribution is 2.23. The first-order chi connectivity index (χ1) is 9.27. The van der Waals surface area contributed by atoms with Crippen molar-refractivity contribution in [2.75, 3.05) is 6.61 Å². The van der Waals surface area contributed by atoms with Crippen molar-refractivity contribution in [3.05, 3.63) is 0 Å². The summed E-state index contributed by atoms with van der Waals surface area (Å²) in [5, 5.41) is 54.8. The van der Waals surface area contributed by atoms with Crippen LogP contribution in [0.25, 0.3) is 0 Å². The molecule has 0 aromatic carbocycles. The van der Waals surface area contributed by atoms with Crippen molar-refractivity contribution in [3.63, 3.8) is 0 Å². The van der Waals surface area contributed by atoms with E-state index in [1.54, 1.807) is 0 Å². The number of rotatable bonds is 6. The Kier molecular flexibility index (Phi) is 5.80. The van der Waals surface area contributed by atoms with E-state index in [4.69, 9.17) is 24.8 Å². The molecule has 0 aromatic heterocycles.